The van der Waals surface area contributed by atoms with E-state index < -0.39 is 41.8 Å². The summed E-state index contributed by atoms with van der Waals surface area (Å²) in [6, 6.07) is 2.43. The van der Waals surface area contributed by atoms with Crippen LogP contribution >= 0.6 is 0 Å². The van der Waals surface area contributed by atoms with Crippen molar-refractivity contribution >= 4 is 12.0 Å². The monoisotopic (exact) mass is 428 g/mol. The molecule has 0 bridgehead atoms. The highest BCUT2D eigenvalue weighted by atomic mass is 19.4. The standard InChI is InChI=1S/C18H16F4N4O4/c19-11-2-1-9(5-10(11)12-7-24-14(8-23-12)18(20,21)22)6-25-16(28)15-13(27)3-4-26(15)17(29)30/h1-2,5,7-8,13,15,27H,3-4,6H2,(H,25,28)(H,29,30)/t13-,15-/m1/s1. The number of hydrogen-bond donors (Lipinski definition) is 3. The van der Waals surface area contributed by atoms with E-state index in [0.717, 1.165) is 17.2 Å². The first-order valence-corrected chi connectivity index (χ1v) is 8.71. The minimum atomic E-state index is -4.68. The van der Waals surface area contributed by atoms with Gasteiger partial charge >= 0.3 is 12.3 Å². The Morgan fingerprint density at radius 2 is 1.97 bits per heavy atom. The second-order valence-electron chi connectivity index (χ2n) is 6.59. The summed E-state index contributed by atoms with van der Waals surface area (Å²) in [4.78, 5) is 31.2. The van der Waals surface area contributed by atoms with Crippen LogP contribution in [0.2, 0.25) is 0 Å². The first kappa shape index (κ1) is 21.4. The Hall–Kier alpha value is -3.28. The molecule has 3 rings (SSSR count). The Labute approximate surface area is 167 Å². The summed E-state index contributed by atoms with van der Waals surface area (Å²) in [5.74, 6) is -1.47. The van der Waals surface area contributed by atoms with E-state index in [9.17, 15) is 32.3 Å². The van der Waals surface area contributed by atoms with E-state index in [0.29, 0.717) is 11.8 Å². The van der Waals surface area contributed by atoms with Crippen molar-refractivity contribution in [1.29, 1.82) is 0 Å². The molecule has 0 saturated carbocycles. The van der Waals surface area contributed by atoms with Gasteiger partial charge in [0.25, 0.3) is 0 Å². The number of nitrogens with zero attached hydrogens (tertiary/aromatic N) is 3. The molecule has 1 saturated heterocycles. The van der Waals surface area contributed by atoms with Crippen LogP contribution in [0.5, 0.6) is 0 Å². The van der Waals surface area contributed by atoms with E-state index in [2.05, 4.69) is 15.3 Å². The van der Waals surface area contributed by atoms with Crippen molar-refractivity contribution in [2.75, 3.05) is 6.54 Å². The number of carboxylic acid groups (broad SMARTS) is 1. The molecule has 30 heavy (non-hydrogen) atoms. The molecule has 8 nitrogen and oxygen atoms in total. The molecule has 2 aromatic rings. The second-order valence-corrected chi connectivity index (χ2v) is 6.59. The molecule has 3 N–H and O–H groups in total. The number of aliphatic hydroxyl groups is 1. The number of carbonyl (C=O) groups is 2. The zero-order valence-corrected chi connectivity index (χ0v) is 15.2. The van der Waals surface area contributed by atoms with Gasteiger partial charge in [0.2, 0.25) is 5.91 Å². The lowest BCUT2D eigenvalue weighted by Gasteiger charge is -2.22. The van der Waals surface area contributed by atoms with Crippen LogP contribution in [0.1, 0.15) is 17.7 Å². The quantitative estimate of drug-likeness (QED) is 0.642. The predicted molar refractivity (Wildman–Crippen MR) is 93.4 cm³/mol. The highest BCUT2D eigenvalue weighted by molar-refractivity contribution is 5.86. The van der Waals surface area contributed by atoms with Crippen LogP contribution in [0.25, 0.3) is 11.3 Å². The molecule has 1 aromatic heterocycles. The van der Waals surface area contributed by atoms with Crippen LogP contribution in [0.3, 0.4) is 0 Å². The highest BCUT2D eigenvalue weighted by Gasteiger charge is 2.41. The van der Waals surface area contributed by atoms with Crippen molar-refractivity contribution in [2.24, 2.45) is 0 Å². The van der Waals surface area contributed by atoms with Gasteiger partial charge in [-0.1, -0.05) is 6.07 Å². The van der Waals surface area contributed by atoms with E-state index in [1.807, 2.05) is 0 Å². The molecule has 12 heteroatoms. The number of aliphatic hydroxyl groups excluding tert-OH is 1. The van der Waals surface area contributed by atoms with Crippen LogP contribution in [0.4, 0.5) is 22.4 Å². The van der Waals surface area contributed by atoms with Crippen LogP contribution in [0, 0.1) is 5.82 Å². The fourth-order valence-electron chi connectivity index (χ4n) is 3.09. The third kappa shape index (κ3) is 4.48. The van der Waals surface area contributed by atoms with Gasteiger partial charge in [-0.15, -0.1) is 0 Å². The summed E-state index contributed by atoms with van der Waals surface area (Å²) in [7, 11) is 0. The Bertz CT molecular complexity index is 952. The summed E-state index contributed by atoms with van der Waals surface area (Å²) in [6.45, 7) is -0.112. The average Bonchev–Trinajstić information content (AvgIpc) is 3.08. The zero-order valence-electron chi connectivity index (χ0n) is 15.2. The van der Waals surface area contributed by atoms with Gasteiger partial charge in [-0.25, -0.2) is 14.2 Å². The summed E-state index contributed by atoms with van der Waals surface area (Å²) in [5.41, 5.74) is -1.07. The third-order valence-corrected chi connectivity index (χ3v) is 4.60. The molecular weight excluding hydrogens is 412 g/mol. The SMILES string of the molecule is O=C(NCc1ccc(F)c(-c2cnc(C(F)(F)F)cn2)c1)[C@H]1[C@H](O)CCN1C(=O)O. The molecule has 1 aromatic carbocycles. The number of aromatic nitrogens is 2. The predicted octanol–water partition coefficient (Wildman–Crippen LogP) is 2.03. The molecule has 1 fully saturated rings. The van der Waals surface area contributed by atoms with Crippen molar-refractivity contribution in [3.8, 4) is 11.3 Å². The van der Waals surface area contributed by atoms with Gasteiger partial charge in [0.15, 0.2) is 5.69 Å². The smallest absolute Gasteiger partial charge is 0.434 e. The van der Waals surface area contributed by atoms with Gasteiger partial charge in [-0.2, -0.15) is 13.2 Å². The van der Waals surface area contributed by atoms with Crippen LogP contribution in [-0.4, -0.2) is 55.8 Å². The summed E-state index contributed by atoms with van der Waals surface area (Å²) >= 11 is 0. The number of hydrogen-bond acceptors (Lipinski definition) is 5. The molecule has 0 unspecified atom stereocenters. The largest absolute Gasteiger partial charge is 0.465 e. The molecule has 1 aliphatic heterocycles. The van der Waals surface area contributed by atoms with Crippen LogP contribution in [0.15, 0.2) is 30.6 Å². The maximum Gasteiger partial charge on any atom is 0.434 e. The Morgan fingerprint density at radius 1 is 1.23 bits per heavy atom. The first-order chi connectivity index (χ1) is 14.1. The molecule has 2 atom stereocenters. The highest BCUT2D eigenvalue weighted by Crippen LogP contribution is 2.28. The van der Waals surface area contributed by atoms with E-state index in [1.54, 1.807) is 0 Å². The number of likely N-dealkylation sites (tertiary alicyclic amines) is 1. The van der Waals surface area contributed by atoms with Gasteiger partial charge in [0.05, 0.1) is 24.2 Å². The average molecular weight is 428 g/mol. The Balaban J connectivity index is 1.74. The molecule has 2 amide bonds. The molecular formula is C18H16F4N4O4. The molecule has 0 radical (unpaired) electrons. The van der Waals surface area contributed by atoms with Crippen LogP contribution < -0.4 is 5.32 Å². The minimum absolute atomic E-state index is 0.0157. The second kappa shape index (κ2) is 8.22. The van der Waals surface area contributed by atoms with Crippen molar-refractivity contribution in [1.82, 2.24) is 20.2 Å². The zero-order chi connectivity index (χ0) is 22.1. The maximum atomic E-state index is 14.1. The minimum Gasteiger partial charge on any atom is -0.465 e. The van der Waals surface area contributed by atoms with Gasteiger partial charge in [0, 0.05) is 18.7 Å². The van der Waals surface area contributed by atoms with E-state index in [4.69, 9.17) is 5.11 Å². The van der Waals surface area contributed by atoms with Gasteiger partial charge in [-0.3, -0.25) is 14.7 Å². The van der Waals surface area contributed by atoms with Crippen LogP contribution in [-0.2, 0) is 17.5 Å². The first-order valence-electron chi connectivity index (χ1n) is 8.71. The van der Waals surface area contributed by atoms with Gasteiger partial charge in [-0.05, 0) is 24.1 Å². The molecule has 0 aliphatic carbocycles. The topological polar surface area (TPSA) is 116 Å². The fourth-order valence-corrected chi connectivity index (χ4v) is 3.09. The number of alkyl halides is 3. The van der Waals surface area contributed by atoms with Crippen molar-refractivity contribution in [2.45, 2.75) is 31.3 Å². The number of rotatable bonds is 4. The maximum absolute atomic E-state index is 14.1. The van der Waals surface area contributed by atoms with E-state index in [-0.39, 0.29) is 30.8 Å². The number of benzene rings is 1. The van der Waals surface area contributed by atoms with Crippen molar-refractivity contribution < 1.29 is 37.4 Å². The van der Waals surface area contributed by atoms with E-state index >= 15 is 0 Å². The summed E-state index contributed by atoms with van der Waals surface area (Å²) < 4.78 is 51.9. The number of nitrogens with one attached hydrogen (secondary N) is 1. The normalized spacial score (nSPS) is 19.0. The van der Waals surface area contributed by atoms with Crippen molar-refractivity contribution in [3.05, 3.63) is 47.7 Å². The van der Waals surface area contributed by atoms with Gasteiger partial charge in [0.1, 0.15) is 11.9 Å². The summed E-state index contributed by atoms with van der Waals surface area (Å²) in [6.07, 6.45) is -5.75. The number of halogens is 4. The summed E-state index contributed by atoms with van der Waals surface area (Å²) in [5, 5.41) is 21.5. The molecule has 2 heterocycles. The lowest BCUT2D eigenvalue weighted by molar-refractivity contribution is -0.141. The number of amides is 2. The third-order valence-electron chi connectivity index (χ3n) is 4.60. The lowest BCUT2D eigenvalue weighted by atomic mass is 10.1. The van der Waals surface area contributed by atoms with Gasteiger partial charge < -0.3 is 15.5 Å². The lowest BCUT2D eigenvalue weighted by Crippen LogP contribution is -2.49. The fraction of sp³-hybridized carbons (Fsp3) is 0.333. The molecule has 160 valence electrons. The molecule has 1 aliphatic rings. The Kier molecular flexibility index (Phi) is 5.87. The van der Waals surface area contributed by atoms with Crippen molar-refractivity contribution in [3.63, 3.8) is 0 Å². The molecule has 0 spiro atoms. The van der Waals surface area contributed by atoms with E-state index in [1.165, 1.54) is 12.1 Å². The number of carbonyl (C=O) groups excluding carboxylic acids is 1. The Morgan fingerprint density at radius 3 is 2.57 bits per heavy atom.